The summed E-state index contributed by atoms with van der Waals surface area (Å²) in [6.45, 7) is 1.03. The summed E-state index contributed by atoms with van der Waals surface area (Å²) in [4.78, 5) is 29.9. The lowest BCUT2D eigenvalue weighted by molar-refractivity contribution is -0.125. The van der Waals surface area contributed by atoms with E-state index in [0.29, 0.717) is 31.8 Å². The highest BCUT2D eigenvalue weighted by atomic mass is 16.7. The molecule has 0 aromatic carbocycles. The minimum absolute atomic E-state index is 0.131. The van der Waals surface area contributed by atoms with Gasteiger partial charge in [0, 0.05) is 51.2 Å². The van der Waals surface area contributed by atoms with Gasteiger partial charge in [0.05, 0.1) is 5.71 Å². The number of nitrogens with one attached hydrogen (secondary N) is 1. The molecule has 1 saturated heterocycles. The van der Waals surface area contributed by atoms with E-state index in [9.17, 15) is 9.59 Å². The molecule has 2 heterocycles. The fourth-order valence-corrected chi connectivity index (χ4v) is 4.04. The first kappa shape index (κ1) is 16.1. The van der Waals surface area contributed by atoms with Crippen LogP contribution >= 0.6 is 0 Å². The number of oxime groups is 1. The van der Waals surface area contributed by atoms with E-state index in [1.807, 2.05) is 0 Å². The second-order valence-corrected chi connectivity index (χ2v) is 6.97. The summed E-state index contributed by atoms with van der Waals surface area (Å²) in [7, 11) is 1.69. The highest BCUT2D eigenvalue weighted by Crippen LogP contribution is 2.40. The number of carbonyl (C=O) groups excluding carboxylic acids is 1. The molecule has 1 aliphatic carbocycles. The third kappa shape index (κ3) is 3.28. The molecule has 2 aliphatic heterocycles. The van der Waals surface area contributed by atoms with Gasteiger partial charge < -0.3 is 20.2 Å². The number of amides is 2. The van der Waals surface area contributed by atoms with Gasteiger partial charge in [0.25, 0.3) is 0 Å². The molecule has 0 aromatic heterocycles. The van der Waals surface area contributed by atoms with E-state index in [-0.39, 0.29) is 17.4 Å². The minimum atomic E-state index is -0.855. The van der Waals surface area contributed by atoms with Crippen LogP contribution in [0.5, 0.6) is 0 Å². The monoisotopic (exact) mass is 323 g/mol. The van der Waals surface area contributed by atoms with Gasteiger partial charge in [-0.15, -0.1) is 0 Å². The van der Waals surface area contributed by atoms with Crippen molar-refractivity contribution in [1.82, 2.24) is 10.2 Å². The quantitative estimate of drug-likeness (QED) is 0.811. The van der Waals surface area contributed by atoms with Crippen molar-refractivity contribution >= 4 is 17.7 Å². The van der Waals surface area contributed by atoms with Gasteiger partial charge in [-0.3, -0.25) is 4.79 Å². The minimum Gasteiger partial charge on any atom is -0.465 e. The van der Waals surface area contributed by atoms with Crippen LogP contribution < -0.4 is 5.32 Å². The number of carbonyl (C=O) groups is 2. The van der Waals surface area contributed by atoms with E-state index in [4.69, 9.17) is 9.94 Å². The van der Waals surface area contributed by atoms with Crippen molar-refractivity contribution < 1.29 is 19.5 Å². The van der Waals surface area contributed by atoms with Gasteiger partial charge in [0.1, 0.15) is 5.60 Å². The molecule has 3 aliphatic rings. The molecule has 2 N–H and O–H groups in total. The van der Waals surface area contributed by atoms with Gasteiger partial charge in [0.15, 0.2) is 0 Å². The maximum absolute atomic E-state index is 11.7. The lowest BCUT2D eigenvalue weighted by atomic mass is 9.76. The average Bonchev–Trinajstić information content (AvgIpc) is 2.98. The lowest BCUT2D eigenvalue weighted by Crippen LogP contribution is -2.46. The van der Waals surface area contributed by atoms with Crippen LogP contribution in [0.4, 0.5) is 4.79 Å². The summed E-state index contributed by atoms with van der Waals surface area (Å²) < 4.78 is 0. The van der Waals surface area contributed by atoms with E-state index in [0.717, 1.165) is 37.8 Å². The number of likely N-dealkylation sites (tertiary alicyclic amines) is 1. The summed E-state index contributed by atoms with van der Waals surface area (Å²) in [5, 5.41) is 16.1. The highest BCUT2D eigenvalue weighted by molar-refractivity contribution is 5.89. The summed E-state index contributed by atoms with van der Waals surface area (Å²) in [6, 6.07) is 0. The Bertz CT molecular complexity index is 503. The van der Waals surface area contributed by atoms with E-state index >= 15 is 0 Å². The fraction of sp³-hybridized carbons (Fsp3) is 0.812. The molecule has 7 nitrogen and oxygen atoms in total. The Morgan fingerprint density at radius 2 is 1.91 bits per heavy atom. The molecule has 1 spiro atoms. The Labute approximate surface area is 136 Å². The van der Waals surface area contributed by atoms with Gasteiger partial charge in [-0.25, -0.2) is 4.79 Å². The maximum atomic E-state index is 11.7. The Balaban J connectivity index is 1.51. The number of carboxylic acid groups (broad SMARTS) is 1. The van der Waals surface area contributed by atoms with Crippen molar-refractivity contribution in [2.75, 3.05) is 20.1 Å². The molecule has 128 valence electrons. The van der Waals surface area contributed by atoms with Crippen molar-refractivity contribution in [3.05, 3.63) is 0 Å². The zero-order chi connectivity index (χ0) is 16.4. The van der Waals surface area contributed by atoms with Crippen LogP contribution in [-0.2, 0) is 9.63 Å². The van der Waals surface area contributed by atoms with Gasteiger partial charge >= 0.3 is 6.09 Å². The van der Waals surface area contributed by atoms with Gasteiger partial charge in [-0.2, -0.15) is 0 Å². The second-order valence-electron chi connectivity index (χ2n) is 6.97. The van der Waals surface area contributed by atoms with Crippen LogP contribution in [0.15, 0.2) is 5.16 Å². The van der Waals surface area contributed by atoms with Crippen molar-refractivity contribution in [3.8, 4) is 0 Å². The molecule has 2 fully saturated rings. The van der Waals surface area contributed by atoms with Crippen LogP contribution in [-0.4, -0.2) is 53.5 Å². The summed E-state index contributed by atoms with van der Waals surface area (Å²) in [6.07, 6.45) is 5.16. The first-order valence-electron chi connectivity index (χ1n) is 8.47. The van der Waals surface area contributed by atoms with Crippen LogP contribution in [0, 0.1) is 11.8 Å². The van der Waals surface area contributed by atoms with Gasteiger partial charge in [0.2, 0.25) is 5.91 Å². The highest BCUT2D eigenvalue weighted by Gasteiger charge is 2.44. The van der Waals surface area contributed by atoms with Crippen molar-refractivity contribution in [3.63, 3.8) is 0 Å². The zero-order valence-corrected chi connectivity index (χ0v) is 13.6. The van der Waals surface area contributed by atoms with Gasteiger partial charge in [-0.05, 0) is 25.7 Å². The molecular formula is C16H25N3O4. The summed E-state index contributed by atoms with van der Waals surface area (Å²) >= 11 is 0. The number of rotatable bonds is 2. The SMILES string of the molecule is CNC(=O)[C@H]1CC[C@H](C2=NOC3(CCN(C(=O)O)CC3)C2)CC1. The molecule has 7 heteroatoms. The van der Waals surface area contributed by atoms with E-state index in [1.54, 1.807) is 7.05 Å². The van der Waals surface area contributed by atoms with E-state index < -0.39 is 6.09 Å². The predicted octanol–water partition coefficient (Wildman–Crippen LogP) is 1.83. The summed E-state index contributed by atoms with van der Waals surface area (Å²) in [5.74, 6) is 0.685. The Morgan fingerprint density at radius 1 is 1.26 bits per heavy atom. The summed E-state index contributed by atoms with van der Waals surface area (Å²) in [5.41, 5.74) is 0.822. The van der Waals surface area contributed by atoms with Crippen molar-refractivity contribution in [1.29, 1.82) is 0 Å². The molecule has 1 saturated carbocycles. The number of hydrogen-bond acceptors (Lipinski definition) is 4. The lowest BCUT2D eigenvalue weighted by Gasteiger charge is -2.36. The number of piperidine rings is 1. The van der Waals surface area contributed by atoms with Crippen molar-refractivity contribution in [2.45, 2.75) is 50.5 Å². The average molecular weight is 323 g/mol. The molecule has 0 unspecified atom stereocenters. The molecule has 3 rings (SSSR count). The van der Waals surface area contributed by atoms with E-state index in [2.05, 4.69) is 10.5 Å². The normalized spacial score (nSPS) is 29.8. The van der Waals surface area contributed by atoms with Crippen molar-refractivity contribution in [2.24, 2.45) is 17.0 Å². The first-order valence-corrected chi connectivity index (χ1v) is 8.47. The van der Waals surface area contributed by atoms with Crippen LogP contribution in [0.1, 0.15) is 44.9 Å². The molecule has 0 radical (unpaired) electrons. The van der Waals surface area contributed by atoms with Crippen LogP contribution in [0.25, 0.3) is 0 Å². The topological polar surface area (TPSA) is 91.2 Å². The molecular weight excluding hydrogens is 298 g/mol. The Morgan fingerprint density at radius 3 is 2.48 bits per heavy atom. The molecule has 0 bridgehead atoms. The maximum Gasteiger partial charge on any atom is 0.407 e. The third-order valence-electron chi connectivity index (χ3n) is 5.62. The van der Waals surface area contributed by atoms with Crippen LogP contribution in [0.3, 0.4) is 0 Å². The molecule has 23 heavy (non-hydrogen) atoms. The van der Waals surface area contributed by atoms with E-state index in [1.165, 1.54) is 4.90 Å². The first-order chi connectivity index (χ1) is 11.0. The molecule has 0 aromatic rings. The standard InChI is InChI=1S/C16H25N3O4/c1-17-14(20)12-4-2-11(3-5-12)13-10-16(23-18-13)6-8-19(9-7-16)15(21)22/h11-12H,2-10H2,1H3,(H,17,20)(H,21,22)/t11-,12-. The number of nitrogens with zero attached hydrogens (tertiary/aromatic N) is 2. The number of hydrogen-bond donors (Lipinski definition) is 2. The molecule has 0 atom stereocenters. The largest absolute Gasteiger partial charge is 0.465 e. The predicted molar refractivity (Wildman–Crippen MR) is 84.2 cm³/mol. The zero-order valence-electron chi connectivity index (χ0n) is 13.6. The Hall–Kier alpha value is -1.79. The third-order valence-corrected chi connectivity index (χ3v) is 5.62. The van der Waals surface area contributed by atoms with Crippen LogP contribution in [0.2, 0.25) is 0 Å². The fourth-order valence-electron chi connectivity index (χ4n) is 4.04. The van der Waals surface area contributed by atoms with Gasteiger partial charge in [-0.1, -0.05) is 5.16 Å². The second kappa shape index (κ2) is 6.37. The Kier molecular flexibility index (Phi) is 4.46. The molecule has 2 amide bonds. The smallest absolute Gasteiger partial charge is 0.407 e.